The van der Waals surface area contributed by atoms with E-state index in [1.807, 2.05) is 0 Å². The molecule has 8 atom stereocenters. The Kier molecular flexibility index (Phi) is 10.3. The summed E-state index contributed by atoms with van der Waals surface area (Å²) in [5.41, 5.74) is 2.49. The largest absolute Gasteiger partial charge is 0.450 e. The normalized spacial score (nSPS) is 37.1. The van der Waals surface area contributed by atoms with Crippen LogP contribution in [0, 0.1) is 46.3 Å². The lowest BCUT2D eigenvalue weighted by atomic mass is 9.47. The molecule has 4 nitrogen and oxygen atoms in total. The summed E-state index contributed by atoms with van der Waals surface area (Å²) in [4.78, 5) is 12.4. The fourth-order valence-corrected chi connectivity index (χ4v) is 9.75. The molecule has 4 aliphatic carbocycles. The zero-order valence-electron chi connectivity index (χ0n) is 25.4. The Bertz CT molecular complexity index is 808. The number of hydrogen-bond acceptors (Lipinski definition) is 3. The molecule has 3 fully saturated rings. The Balaban J connectivity index is 1.31. The van der Waals surface area contributed by atoms with Crippen LogP contribution in [0.25, 0.3) is 0 Å². The van der Waals surface area contributed by atoms with Crippen LogP contribution >= 0.6 is 0 Å². The first-order valence-corrected chi connectivity index (χ1v) is 16.4. The van der Waals surface area contributed by atoms with Crippen LogP contribution in [0.1, 0.15) is 131 Å². The highest BCUT2D eigenvalue weighted by molar-refractivity contribution is 5.67. The summed E-state index contributed by atoms with van der Waals surface area (Å²) in [7, 11) is 0. The second-order valence-electron chi connectivity index (χ2n) is 14.6. The minimum Gasteiger partial charge on any atom is -0.450 e. The minimum atomic E-state index is -0.247. The van der Waals surface area contributed by atoms with Gasteiger partial charge >= 0.3 is 6.09 Å². The van der Waals surface area contributed by atoms with Crippen LogP contribution in [-0.2, 0) is 4.74 Å². The summed E-state index contributed by atoms with van der Waals surface area (Å²) in [6.07, 6.45) is 20.5. The molecule has 4 aliphatic rings. The molecule has 4 heteroatoms. The van der Waals surface area contributed by atoms with Crippen molar-refractivity contribution in [3.63, 3.8) is 0 Å². The topological polar surface area (TPSA) is 58.6 Å². The number of carbonyl (C=O) groups excluding carboxylic acids is 1. The van der Waals surface area contributed by atoms with E-state index in [0.29, 0.717) is 17.4 Å². The Morgan fingerprint density at radius 1 is 1.00 bits per heavy atom. The van der Waals surface area contributed by atoms with Gasteiger partial charge in [0, 0.05) is 12.6 Å². The number of amides is 1. The number of aliphatic hydroxyl groups is 1. The number of ether oxygens (including phenoxy) is 1. The van der Waals surface area contributed by atoms with Gasteiger partial charge in [0.2, 0.25) is 0 Å². The van der Waals surface area contributed by atoms with Crippen LogP contribution in [0.5, 0.6) is 0 Å². The van der Waals surface area contributed by atoms with Crippen molar-refractivity contribution in [2.45, 2.75) is 137 Å². The van der Waals surface area contributed by atoms with Crippen molar-refractivity contribution in [3.05, 3.63) is 11.6 Å². The molecule has 0 bridgehead atoms. The number of carbonyl (C=O) groups is 1. The van der Waals surface area contributed by atoms with Crippen LogP contribution < -0.4 is 5.32 Å². The van der Waals surface area contributed by atoms with Gasteiger partial charge in [0.15, 0.2) is 0 Å². The summed E-state index contributed by atoms with van der Waals surface area (Å²) in [6.45, 7) is 13.3. The monoisotopic (exact) mass is 529 g/mol. The molecular formula is C34H59NO3. The van der Waals surface area contributed by atoms with Crippen molar-refractivity contribution in [3.8, 4) is 0 Å². The third-order valence-electron chi connectivity index (χ3n) is 11.9. The molecule has 0 heterocycles. The lowest BCUT2D eigenvalue weighted by Gasteiger charge is -2.58. The highest BCUT2D eigenvalue weighted by atomic mass is 16.5. The third kappa shape index (κ3) is 6.47. The van der Waals surface area contributed by atoms with Crippen molar-refractivity contribution in [2.24, 2.45) is 46.3 Å². The number of unbranched alkanes of at least 4 members (excludes halogenated alkanes) is 3. The zero-order valence-corrected chi connectivity index (χ0v) is 25.4. The molecule has 4 rings (SSSR count). The standard InChI is InChI=1S/C34H59NO3/c1-24(2)11-10-12-25(3)29-15-16-30-28-14-13-26-23-27(35-32(37)38-22-9-7-6-8-21-36)17-19-33(26,4)31(28)18-20-34(29,30)5/h13,24-25,27-31,36H,6-12,14-23H2,1-5H3,(H,35,37)/t25-,27?,28?,29-,30?,31?,33+,34-/m1/s1. The van der Waals surface area contributed by atoms with Gasteiger partial charge in [-0.05, 0) is 117 Å². The van der Waals surface area contributed by atoms with E-state index in [1.165, 1.54) is 57.8 Å². The molecule has 0 radical (unpaired) electrons. The quantitative estimate of drug-likeness (QED) is 0.196. The van der Waals surface area contributed by atoms with Crippen molar-refractivity contribution in [1.29, 1.82) is 0 Å². The number of aliphatic hydroxyl groups excluding tert-OH is 1. The number of allylic oxidation sites excluding steroid dienone is 1. The predicted molar refractivity (Wildman–Crippen MR) is 157 cm³/mol. The maximum Gasteiger partial charge on any atom is 0.407 e. The average molecular weight is 530 g/mol. The Morgan fingerprint density at radius 3 is 2.55 bits per heavy atom. The number of rotatable bonds is 12. The van der Waals surface area contributed by atoms with E-state index >= 15 is 0 Å². The van der Waals surface area contributed by atoms with Gasteiger partial charge in [-0.15, -0.1) is 0 Å². The van der Waals surface area contributed by atoms with Crippen molar-refractivity contribution >= 4 is 6.09 Å². The smallest absolute Gasteiger partial charge is 0.407 e. The first-order chi connectivity index (χ1) is 18.2. The van der Waals surface area contributed by atoms with Gasteiger partial charge in [-0.2, -0.15) is 0 Å². The molecule has 2 N–H and O–H groups in total. The minimum absolute atomic E-state index is 0.212. The first-order valence-electron chi connectivity index (χ1n) is 16.4. The molecule has 0 spiro atoms. The number of hydrogen-bond donors (Lipinski definition) is 2. The highest BCUT2D eigenvalue weighted by Crippen LogP contribution is 2.67. The van der Waals surface area contributed by atoms with E-state index in [2.05, 4.69) is 46.0 Å². The SMILES string of the molecule is CC(C)CCC[C@@H](C)[C@H]1CCC2C3CC=C4CC(NC(=O)OCCCCCCO)CC[C@]4(C)C3CC[C@@]21C. The second-order valence-corrected chi connectivity index (χ2v) is 14.6. The van der Waals surface area contributed by atoms with Gasteiger partial charge in [0.1, 0.15) is 0 Å². The summed E-state index contributed by atoms with van der Waals surface area (Å²) < 4.78 is 5.46. The second kappa shape index (κ2) is 13.1. The third-order valence-corrected chi connectivity index (χ3v) is 11.9. The van der Waals surface area contributed by atoms with Gasteiger partial charge in [-0.25, -0.2) is 4.79 Å². The lowest BCUT2D eigenvalue weighted by molar-refractivity contribution is -0.0514. The maximum absolute atomic E-state index is 12.4. The summed E-state index contributed by atoms with van der Waals surface area (Å²) >= 11 is 0. The van der Waals surface area contributed by atoms with E-state index in [9.17, 15) is 4.79 Å². The van der Waals surface area contributed by atoms with E-state index in [4.69, 9.17) is 9.84 Å². The van der Waals surface area contributed by atoms with Crippen LogP contribution in [0.2, 0.25) is 0 Å². The van der Waals surface area contributed by atoms with Crippen LogP contribution in [0.4, 0.5) is 4.79 Å². The Morgan fingerprint density at radius 2 is 1.79 bits per heavy atom. The molecule has 0 aromatic heterocycles. The molecule has 38 heavy (non-hydrogen) atoms. The maximum atomic E-state index is 12.4. The Hall–Kier alpha value is -1.03. The Labute approximate surface area is 234 Å². The van der Waals surface area contributed by atoms with Gasteiger partial charge in [0.05, 0.1) is 6.61 Å². The molecule has 218 valence electrons. The van der Waals surface area contributed by atoms with E-state index in [-0.39, 0.29) is 18.7 Å². The number of nitrogens with one attached hydrogen (secondary N) is 1. The van der Waals surface area contributed by atoms with Gasteiger partial charge in [-0.3, -0.25) is 0 Å². The summed E-state index contributed by atoms with van der Waals surface area (Å²) in [6, 6.07) is 0.212. The summed E-state index contributed by atoms with van der Waals surface area (Å²) in [5, 5.41) is 12.1. The van der Waals surface area contributed by atoms with Gasteiger partial charge in [-0.1, -0.05) is 72.0 Å². The fraction of sp³-hybridized carbons (Fsp3) is 0.912. The fourth-order valence-electron chi connectivity index (χ4n) is 9.75. The zero-order chi connectivity index (χ0) is 27.3. The van der Waals surface area contributed by atoms with E-state index in [0.717, 1.165) is 74.0 Å². The lowest BCUT2D eigenvalue weighted by Crippen LogP contribution is -2.52. The van der Waals surface area contributed by atoms with Crippen molar-refractivity contribution < 1.29 is 14.6 Å². The van der Waals surface area contributed by atoms with E-state index in [1.54, 1.807) is 5.57 Å². The molecule has 0 aromatic carbocycles. The number of fused-ring (bicyclic) bond motifs is 5. The van der Waals surface area contributed by atoms with Gasteiger partial charge in [0.25, 0.3) is 0 Å². The summed E-state index contributed by atoms with van der Waals surface area (Å²) in [5.74, 6) is 5.19. The highest BCUT2D eigenvalue weighted by Gasteiger charge is 2.59. The van der Waals surface area contributed by atoms with Gasteiger partial charge < -0.3 is 15.2 Å². The predicted octanol–water partition coefficient (Wildman–Crippen LogP) is 8.68. The molecule has 3 saturated carbocycles. The van der Waals surface area contributed by atoms with Crippen molar-refractivity contribution in [2.75, 3.05) is 13.2 Å². The van der Waals surface area contributed by atoms with E-state index < -0.39 is 0 Å². The number of alkyl carbamates (subject to hydrolysis) is 1. The average Bonchev–Trinajstić information content (AvgIpc) is 3.23. The van der Waals surface area contributed by atoms with Crippen LogP contribution in [-0.4, -0.2) is 30.5 Å². The van der Waals surface area contributed by atoms with Crippen LogP contribution in [0.15, 0.2) is 11.6 Å². The molecule has 0 aliphatic heterocycles. The molecule has 0 aromatic rings. The molecule has 0 saturated heterocycles. The first kappa shape index (κ1) is 29.9. The van der Waals surface area contributed by atoms with Crippen molar-refractivity contribution in [1.82, 2.24) is 5.32 Å². The molecular weight excluding hydrogens is 470 g/mol. The molecule has 4 unspecified atom stereocenters. The molecule has 1 amide bonds. The van der Waals surface area contributed by atoms with Crippen LogP contribution in [0.3, 0.4) is 0 Å².